The smallest absolute Gasteiger partial charge is 0.291 e. The van der Waals surface area contributed by atoms with Gasteiger partial charge in [0.15, 0.2) is 5.76 Å². The molecule has 0 fully saturated rings. The fourth-order valence-electron chi connectivity index (χ4n) is 2.14. The summed E-state index contributed by atoms with van der Waals surface area (Å²) in [7, 11) is 0. The van der Waals surface area contributed by atoms with Crippen LogP contribution in [0, 0.1) is 5.92 Å². The van der Waals surface area contributed by atoms with Crippen LogP contribution in [0.4, 0.5) is 11.4 Å². The van der Waals surface area contributed by atoms with Gasteiger partial charge in [0.05, 0.1) is 23.0 Å². The number of rotatable bonds is 6. The lowest BCUT2D eigenvalue weighted by molar-refractivity contribution is -0.117. The van der Waals surface area contributed by atoms with Gasteiger partial charge in [-0.05, 0) is 42.7 Å². The molecule has 6 nitrogen and oxygen atoms in total. The van der Waals surface area contributed by atoms with Gasteiger partial charge < -0.3 is 20.8 Å². The van der Waals surface area contributed by atoms with Crippen LogP contribution in [-0.4, -0.2) is 17.9 Å². The van der Waals surface area contributed by atoms with Crippen LogP contribution in [0.5, 0.6) is 0 Å². The van der Waals surface area contributed by atoms with Crippen molar-refractivity contribution < 1.29 is 14.0 Å². The maximum absolute atomic E-state index is 12.0. The van der Waals surface area contributed by atoms with E-state index in [1.807, 2.05) is 13.8 Å². The zero-order valence-corrected chi connectivity index (χ0v) is 15.5. The molecule has 0 spiro atoms. The summed E-state index contributed by atoms with van der Waals surface area (Å²) in [5.41, 5.74) is 6.77. The van der Waals surface area contributed by atoms with E-state index in [1.165, 1.54) is 6.26 Å². The number of furan rings is 1. The molecule has 0 bridgehead atoms. The van der Waals surface area contributed by atoms with E-state index in [0.717, 1.165) is 0 Å². The molecule has 0 aliphatic rings. The molecule has 1 aromatic heterocycles. The predicted molar refractivity (Wildman–Crippen MR) is 101 cm³/mol. The second kappa shape index (κ2) is 9.46. The van der Waals surface area contributed by atoms with Gasteiger partial charge in [-0.3, -0.25) is 9.59 Å². The first-order valence-corrected chi connectivity index (χ1v) is 7.95. The van der Waals surface area contributed by atoms with Crippen molar-refractivity contribution in [3.05, 3.63) is 47.4 Å². The lowest BCUT2D eigenvalue weighted by atomic mass is 10.0. The van der Waals surface area contributed by atoms with Crippen molar-refractivity contribution in [2.75, 3.05) is 10.6 Å². The van der Waals surface area contributed by atoms with Crippen LogP contribution in [-0.2, 0) is 4.79 Å². The second-order valence-corrected chi connectivity index (χ2v) is 6.26. The minimum absolute atomic E-state index is 0. The largest absolute Gasteiger partial charge is 0.459 e. The molecule has 0 unspecified atom stereocenters. The van der Waals surface area contributed by atoms with Gasteiger partial charge in [-0.25, -0.2) is 0 Å². The van der Waals surface area contributed by atoms with E-state index in [-0.39, 0.29) is 24.1 Å². The van der Waals surface area contributed by atoms with Crippen LogP contribution in [0.3, 0.4) is 0 Å². The fourth-order valence-corrected chi connectivity index (χ4v) is 2.36. The minimum atomic E-state index is -0.581. The molecular formula is C17H21Cl2N3O3. The van der Waals surface area contributed by atoms with E-state index in [0.29, 0.717) is 28.7 Å². The predicted octanol–water partition coefficient (Wildman–Crippen LogP) is 3.92. The van der Waals surface area contributed by atoms with Gasteiger partial charge in [0, 0.05) is 5.69 Å². The quantitative estimate of drug-likeness (QED) is 0.701. The molecule has 25 heavy (non-hydrogen) atoms. The Labute approximate surface area is 157 Å². The Balaban J connectivity index is 0.00000312. The molecule has 2 aromatic rings. The summed E-state index contributed by atoms with van der Waals surface area (Å²) in [5, 5.41) is 5.65. The number of anilines is 2. The highest BCUT2D eigenvalue weighted by Crippen LogP contribution is 2.26. The van der Waals surface area contributed by atoms with E-state index < -0.39 is 11.9 Å². The van der Waals surface area contributed by atoms with E-state index in [2.05, 4.69) is 10.6 Å². The Morgan fingerprint density at radius 2 is 1.96 bits per heavy atom. The van der Waals surface area contributed by atoms with Crippen LogP contribution in [0.15, 0.2) is 41.0 Å². The van der Waals surface area contributed by atoms with Crippen molar-refractivity contribution >= 4 is 47.2 Å². The number of halogens is 2. The molecule has 4 N–H and O–H groups in total. The highest BCUT2D eigenvalue weighted by molar-refractivity contribution is 6.34. The van der Waals surface area contributed by atoms with Crippen molar-refractivity contribution in [1.29, 1.82) is 0 Å². The van der Waals surface area contributed by atoms with Gasteiger partial charge in [-0.15, -0.1) is 12.4 Å². The topological polar surface area (TPSA) is 97.4 Å². The normalized spacial score (nSPS) is 11.6. The van der Waals surface area contributed by atoms with Crippen LogP contribution in [0.25, 0.3) is 0 Å². The molecule has 1 aromatic carbocycles. The van der Waals surface area contributed by atoms with Gasteiger partial charge in [0.2, 0.25) is 5.91 Å². The highest BCUT2D eigenvalue weighted by Gasteiger charge is 2.16. The average Bonchev–Trinajstić information content (AvgIpc) is 3.03. The van der Waals surface area contributed by atoms with E-state index in [9.17, 15) is 9.59 Å². The van der Waals surface area contributed by atoms with E-state index in [4.69, 9.17) is 21.8 Å². The third kappa shape index (κ3) is 6.08. The Hall–Kier alpha value is -2.02. The molecular weight excluding hydrogens is 365 g/mol. The van der Waals surface area contributed by atoms with Gasteiger partial charge in [-0.2, -0.15) is 0 Å². The van der Waals surface area contributed by atoms with Crippen LogP contribution in [0.2, 0.25) is 5.02 Å². The first kappa shape index (κ1) is 21.0. The lowest BCUT2D eigenvalue weighted by Crippen LogP contribution is -2.36. The van der Waals surface area contributed by atoms with Crippen molar-refractivity contribution in [3.8, 4) is 0 Å². The molecule has 136 valence electrons. The van der Waals surface area contributed by atoms with Crippen molar-refractivity contribution in [2.24, 2.45) is 11.7 Å². The van der Waals surface area contributed by atoms with Crippen LogP contribution in [0.1, 0.15) is 30.8 Å². The second-order valence-electron chi connectivity index (χ2n) is 5.85. The summed E-state index contributed by atoms with van der Waals surface area (Å²) < 4.78 is 5.02. The summed E-state index contributed by atoms with van der Waals surface area (Å²) in [5.74, 6) is -0.165. The maximum atomic E-state index is 12.0. The van der Waals surface area contributed by atoms with Gasteiger partial charge >= 0.3 is 0 Å². The molecule has 8 heteroatoms. The van der Waals surface area contributed by atoms with Crippen LogP contribution < -0.4 is 16.4 Å². The SMILES string of the molecule is CC(C)C[C@H](N)C(=O)Nc1ccc(NC(=O)c2ccco2)c(Cl)c1.Cl. The summed E-state index contributed by atoms with van der Waals surface area (Å²) >= 11 is 6.15. The Morgan fingerprint density at radius 3 is 2.52 bits per heavy atom. The number of hydrogen-bond donors (Lipinski definition) is 3. The van der Waals surface area contributed by atoms with Crippen molar-refractivity contribution in [2.45, 2.75) is 26.3 Å². The molecule has 1 atom stereocenters. The number of benzene rings is 1. The maximum Gasteiger partial charge on any atom is 0.291 e. The Morgan fingerprint density at radius 1 is 1.24 bits per heavy atom. The lowest BCUT2D eigenvalue weighted by Gasteiger charge is -2.15. The third-order valence-electron chi connectivity index (χ3n) is 3.29. The van der Waals surface area contributed by atoms with Gasteiger partial charge in [0.25, 0.3) is 5.91 Å². The summed E-state index contributed by atoms with van der Waals surface area (Å²) in [6.45, 7) is 4.00. The van der Waals surface area contributed by atoms with Gasteiger partial charge in [-0.1, -0.05) is 25.4 Å². The molecule has 0 aliphatic carbocycles. The summed E-state index contributed by atoms with van der Waals surface area (Å²) in [6.07, 6.45) is 2.01. The summed E-state index contributed by atoms with van der Waals surface area (Å²) in [4.78, 5) is 23.9. The number of nitrogens with two attached hydrogens (primary N) is 1. The Kier molecular flexibility index (Phi) is 7.96. The monoisotopic (exact) mass is 385 g/mol. The molecule has 2 amide bonds. The number of hydrogen-bond acceptors (Lipinski definition) is 4. The van der Waals surface area contributed by atoms with Gasteiger partial charge in [0.1, 0.15) is 0 Å². The molecule has 1 heterocycles. The molecule has 2 rings (SSSR count). The molecule has 0 aliphatic heterocycles. The minimum Gasteiger partial charge on any atom is -0.459 e. The third-order valence-corrected chi connectivity index (χ3v) is 3.60. The number of carbonyl (C=O) groups is 2. The first-order valence-electron chi connectivity index (χ1n) is 7.57. The number of nitrogens with one attached hydrogen (secondary N) is 2. The number of amides is 2. The molecule has 0 saturated carbocycles. The van der Waals surface area contributed by atoms with E-state index in [1.54, 1.807) is 30.3 Å². The van der Waals surface area contributed by atoms with Crippen molar-refractivity contribution in [1.82, 2.24) is 0 Å². The zero-order chi connectivity index (χ0) is 17.7. The molecule has 0 saturated heterocycles. The first-order chi connectivity index (χ1) is 11.4. The van der Waals surface area contributed by atoms with Crippen molar-refractivity contribution in [3.63, 3.8) is 0 Å². The number of carbonyl (C=O) groups excluding carboxylic acids is 2. The average molecular weight is 386 g/mol. The molecule has 0 radical (unpaired) electrons. The zero-order valence-electron chi connectivity index (χ0n) is 13.9. The summed E-state index contributed by atoms with van der Waals surface area (Å²) in [6, 6.07) is 7.39. The van der Waals surface area contributed by atoms with Crippen LogP contribution >= 0.6 is 24.0 Å². The van der Waals surface area contributed by atoms with E-state index >= 15 is 0 Å². The Bertz CT molecular complexity index is 718. The highest BCUT2D eigenvalue weighted by atomic mass is 35.5. The fraction of sp³-hybridized carbons (Fsp3) is 0.294. The standard InChI is InChI=1S/C17H20ClN3O3.ClH/c1-10(2)8-13(19)16(22)20-11-5-6-14(12(18)9-11)21-17(23)15-4-3-7-24-15;/h3-7,9-10,13H,8,19H2,1-2H3,(H,20,22)(H,21,23);1H/t13-;/m0./s1.